The van der Waals surface area contributed by atoms with Crippen molar-refractivity contribution in [1.29, 1.82) is 0 Å². The molecule has 250 valence electrons. The number of aliphatic hydroxyl groups is 1. The van der Waals surface area contributed by atoms with Gasteiger partial charge in [0.15, 0.2) is 11.7 Å². The summed E-state index contributed by atoms with van der Waals surface area (Å²) < 4.78 is 14.7. The zero-order valence-electron chi connectivity index (χ0n) is 25.4. The Bertz CT molecular complexity index is 1630. The van der Waals surface area contributed by atoms with Crippen molar-refractivity contribution >= 4 is 58.7 Å². The van der Waals surface area contributed by atoms with Crippen molar-refractivity contribution < 1.29 is 33.7 Å². The predicted molar refractivity (Wildman–Crippen MR) is 173 cm³/mol. The minimum Gasteiger partial charge on any atom is -0.492 e. The van der Waals surface area contributed by atoms with Crippen molar-refractivity contribution in [3.63, 3.8) is 0 Å². The van der Waals surface area contributed by atoms with Crippen molar-refractivity contribution in [2.75, 3.05) is 19.8 Å². The molecule has 47 heavy (non-hydrogen) atoms. The molecule has 2 amide bonds. The van der Waals surface area contributed by atoms with Crippen molar-refractivity contribution in [2.24, 2.45) is 4.99 Å². The Balaban J connectivity index is 1.30. The summed E-state index contributed by atoms with van der Waals surface area (Å²) in [6.07, 6.45) is -2.40. The lowest BCUT2D eigenvalue weighted by molar-refractivity contribution is -0.149. The molecular formula is C31H33Cl3N6O7. The van der Waals surface area contributed by atoms with Crippen LogP contribution < -0.4 is 26.0 Å². The number of ether oxygens (including phenoxy) is 3. The second-order valence-electron chi connectivity index (χ2n) is 12.3. The van der Waals surface area contributed by atoms with Crippen LogP contribution in [-0.4, -0.2) is 87.4 Å². The number of hydrogen-bond donors (Lipinski definition) is 5. The highest BCUT2D eigenvalue weighted by Gasteiger charge is 2.67. The van der Waals surface area contributed by atoms with Gasteiger partial charge in [-0.05, 0) is 11.6 Å². The average Bonchev–Trinajstić information content (AvgIpc) is 3.64. The van der Waals surface area contributed by atoms with Gasteiger partial charge in [0, 0.05) is 17.5 Å². The van der Waals surface area contributed by atoms with Gasteiger partial charge >= 0.3 is 12.1 Å². The first-order valence-electron chi connectivity index (χ1n) is 14.7. The van der Waals surface area contributed by atoms with E-state index in [1.54, 1.807) is 24.3 Å². The third-order valence-corrected chi connectivity index (χ3v) is 8.90. The molecular weight excluding hydrogens is 675 g/mol. The van der Waals surface area contributed by atoms with E-state index in [4.69, 9.17) is 49.0 Å². The van der Waals surface area contributed by atoms with E-state index in [0.29, 0.717) is 17.9 Å². The number of aliphatic hydroxyl groups excluding tert-OH is 1. The summed E-state index contributed by atoms with van der Waals surface area (Å²) in [7, 11) is 0. The topological polar surface area (TPSA) is 163 Å². The van der Waals surface area contributed by atoms with Crippen LogP contribution in [0.1, 0.15) is 35.3 Å². The quantitative estimate of drug-likeness (QED) is 0.223. The zero-order chi connectivity index (χ0) is 33.7. The number of guanidine groups is 1. The minimum atomic E-state index is -1.88. The van der Waals surface area contributed by atoms with Gasteiger partial charge < -0.3 is 40.2 Å². The molecule has 2 aromatic rings. The van der Waals surface area contributed by atoms with Gasteiger partial charge in [-0.1, -0.05) is 97.7 Å². The molecule has 4 aliphatic heterocycles. The number of hydrogen-bond acceptors (Lipinski definition) is 11. The standard InChI is InChI=1S/C31H33Cl3N6O7/c1-16-35-23-21(26(43)45-13-17-8-5-4-6-9-17)37-27(38-28(44)47-15-30(32,33)34)40-12-20(24(41)31(23,40)39-16)36-25(42)18-10-7-11-19-22(18)46-14-29(19,2)3/h4-11,20-21,23-24,35,39,41H,1,12-15H2,2-3H3,(H,36,42)(H,37,38,44)/t20-,21+,23?,24-,31?/m0/s1. The lowest BCUT2D eigenvalue weighted by Gasteiger charge is -2.46. The third-order valence-electron chi connectivity index (χ3n) is 8.57. The highest BCUT2D eigenvalue weighted by Crippen LogP contribution is 2.42. The van der Waals surface area contributed by atoms with Gasteiger partial charge in [-0.15, -0.1) is 0 Å². The molecule has 2 saturated heterocycles. The Morgan fingerprint density at radius 2 is 1.89 bits per heavy atom. The number of amides is 2. The molecule has 13 nitrogen and oxygen atoms in total. The van der Waals surface area contributed by atoms with Gasteiger partial charge in [-0.2, -0.15) is 0 Å². The molecule has 0 aromatic heterocycles. The number of nitrogens with zero attached hydrogens (tertiary/aromatic N) is 2. The Morgan fingerprint density at radius 1 is 1.15 bits per heavy atom. The first-order valence-corrected chi connectivity index (χ1v) is 15.9. The number of nitrogens with one attached hydrogen (secondary N) is 4. The third kappa shape index (κ3) is 6.24. The first-order chi connectivity index (χ1) is 22.2. The summed E-state index contributed by atoms with van der Waals surface area (Å²) in [6, 6.07) is 11.2. The van der Waals surface area contributed by atoms with E-state index >= 15 is 0 Å². The van der Waals surface area contributed by atoms with Crippen LogP contribution in [0.2, 0.25) is 0 Å². The van der Waals surface area contributed by atoms with E-state index in [9.17, 15) is 19.5 Å². The van der Waals surface area contributed by atoms with Gasteiger partial charge in [0.1, 0.15) is 31.1 Å². The summed E-state index contributed by atoms with van der Waals surface area (Å²) in [6.45, 7) is 7.75. The normalized spacial score (nSPS) is 26.8. The molecule has 2 unspecified atom stereocenters. The molecule has 16 heteroatoms. The number of halogens is 3. The predicted octanol–water partition coefficient (Wildman–Crippen LogP) is 2.44. The average molecular weight is 708 g/mol. The van der Waals surface area contributed by atoms with Crippen LogP contribution in [0.3, 0.4) is 0 Å². The van der Waals surface area contributed by atoms with Crippen LogP contribution in [0.15, 0.2) is 65.9 Å². The van der Waals surface area contributed by atoms with Crippen LogP contribution in [0.5, 0.6) is 5.75 Å². The highest BCUT2D eigenvalue weighted by atomic mass is 35.6. The van der Waals surface area contributed by atoms with Crippen molar-refractivity contribution in [3.05, 3.63) is 77.6 Å². The van der Waals surface area contributed by atoms with Crippen molar-refractivity contribution in [2.45, 2.75) is 59.6 Å². The molecule has 0 bridgehead atoms. The van der Waals surface area contributed by atoms with E-state index in [-0.39, 0.29) is 30.3 Å². The molecule has 2 fully saturated rings. The SMILES string of the molecule is C=C1NC2[C@H](C(=O)OCc3ccccc3)N=C(NC(=O)OCC(Cl)(Cl)Cl)N3C[C@H](NC(=O)c4cccc5c4OCC5(C)C)[C@H](O)C23N1. The van der Waals surface area contributed by atoms with Gasteiger partial charge in [-0.3, -0.25) is 10.1 Å². The van der Waals surface area contributed by atoms with Crippen LogP contribution in [0, 0.1) is 0 Å². The van der Waals surface area contributed by atoms with E-state index in [0.717, 1.165) is 11.1 Å². The number of benzene rings is 2. The Morgan fingerprint density at radius 3 is 2.62 bits per heavy atom. The van der Waals surface area contributed by atoms with Crippen molar-refractivity contribution in [3.8, 4) is 5.75 Å². The van der Waals surface area contributed by atoms with E-state index in [2.05, 4.69) is 32.8 Å². The largest absolute Gasteiger partial charge is 0.492 e. The number of rotatable bonds is 6. The fourth-order valence-electron chi connectivity index (χ4n) is 6.40. The summed E-state index contributed by atoms with van der Waals surface area (Å²) >= 11 is 17.2. The lowest BCUT2D eigenvalue weighted by atomic mass is 9.86. The second-order valence-corrected chi connectivity index (χ2v) is 14.9. The number of esters is 1. The molecule has 5 atom stereocenters. The number of para-hydroxylation sites is 1. The number of aliphatic imine (C=N–C) groups is 1. The van der Waals surface area contributed by atoms with Gasteiger partial charge in [0.25, 0.3) is 5.91 Å². The highest BCUT2D eigenvalue weighted by molar-refractivity contribution is 6.67. The second kappa shape index (κ2) is 12.3. The maximum atomic E-state index is 13.7. The summed E-state index contributed by atoms with van der Waals surface area (Å²) in [5.41, 5.74) is 0.149. The molecule has 4 heterocycles. The summed E-state index contributed by atoms with van der Waals surface area (Å²) in [5, 5.41) is 23.6. The fraction of sp³-hybridized carbons (Fsp3) is 0.419. The van der Waals surface area contributed by atoms with Crippen LogP contribution >= 0.6 is 34.8 Å². The Hall–Kier alpha value is -3.91. The minimum absolute atomic E-state index is 0.0426. The maximum Gasteiger partial charge on any atom is 0.414 e. The lowest BCUT2D eigenvalue weighted by Crippen LogP contribution is -2.74. The zero-order valence-corrected chi connectivity index (χ0v) is 27.7. The van der Waals surface area contributed by atoms with Crippen molar-refractivity contribution in [1.82, 2.24) is 26.2 Å². The maximum absolute atomic E-state index is 13.7. The number of alkyl halides is 3. The van der Waals surface area contributed by atoms with Crippen LogP contribution in [-0.2, 0) is 26.3 Å². The molecule has 1 spiro atoms. The molecule has 0 radical (unpaired) electrons. The van der Waals surface area contributed by atoms with E-state index in [1.807, 2.05) is 38.1 Å². The molecule has 5 N–H and O–H groups in total. The summed E-state index contributed by atoms with van der Waals surface area (Å²) in [4.78, 5) is 46.2. The molecule has 6 rings (SSSR count). The Labute approximate surface area is 285 Å². The monoisotopic (exact) mass is 706 g/mol. The number of alkyl carbamates (subject to hydrolysis) is 1. The number of fused-ring (bicyclic) bond motifs is 1. The Kier molecular flexibility index (Phi) is 8.62. The van der Waals surface area contributed by atoms with Gasteiger partial charge in [0.05, 0.1) is 24.0 Å². The molecule has 0 aliphatic carbocycles. The number of carbonyl (C=O) groups is 3. The summed E-state index contributed by atoms with van der Waals surface area (Å²) in [5.74, 6) is -0.614. The molecule has 2 aromatic carbocycles. The van der Waals surface area contributed by atoms with E-state index < -0.39 is 58.3 Å². The molecule has 4 aliphatic rings. The van der Waals surface area contributed by atoms with E-state index in [1.165, 1.54) is 4.90 Å². The van der Waals surface area contributed by atoms with Crippen LogP contribution in [0.4, 0.5) is 4.79 Å². The fourth-order valence-corrected chi connectivity index (χ4v) is 6.56. The van der Waals surface area contributed by atoms with Gasteiger partial charge in [0.2, 0.25) is 9.75 Å². The first kappa shape index (κ1) is 33.0. The number of carbonyl (C=O) groups excluding carboxylic acids is 3. The van der Waals surface area contributed by atoms with Gasteiger partial charge in [-0.25, -0.2) is 14.6 Å². The molecule has 0 saturated carbocycles. The smallest absolute Gasteiger partial charge is 0.414 e. The van der Waals surface area contributed by atoms with Crippen LogP contribution in [0.25, 0.3) is 0 Å².